The largest absolute Gasteiger partial charge is 0.494 e. The van der Waals surface area contributed by atoms with Crippen LogP contribution < -0.4 is 16.7 Å². The summed E-state index contributed by atoms with van der Waals surface area (Å²) in [6.07, 6.45) is 1.53. The van der Waals surface area contributed by atoms with Crippen molar-refractivity contribution in [1.82, 2.24) is 9.55 Å². The van der Waals surface area contributed by atoms with Gasteiger partial charge in [-0.3, -0.25) is 14.3 Å². The van der Waals surface area contributed by atoms with Crippen LogP contribution in [-0.2, 0) is 9.31 Å². The fourth-order valence-electron chi connectivity index (χ4n) is 2.56. The van der Waals surface area contributed by atoms with E-state index in [1.54, 1.807) is 13.0 Å². The smallest absolute Gasteiger partial charge is 0.399 e. The first-order valence-corrected chi connectivity index (χ1v) is 7.89. The van der Waals surface area contributed by atoms with Gasteiger partial charge in [-0.05, 0) is 52.2 Å². The number of aromatic amines is 1. The van der Waals surface area contributed by atoms with Crippen LogP contribution in [0.1, 0.15) is 33.3 Å². The third-order valence-electron chi connectivity index (χ3n) is 4.79. The molecular formula is C17H21BN2O4. The van der Waals surface area contributed by atoms with Crippen molar-refractivity contribution in [3.05, 3.63) is 56.9 Å². The topological polar surface area (TPSA) is 73.3 Å². The highest BCUT2D eigenvalue weighted by Gasteiger charge is 2.51. The van der Waals surface area contributed by atoms with Crippen molar-refractivity contribution in [3.8, 4) is 5.69 Å². The van der Waals surface area contributed by atoms with Gasteiger partial charge in [-0.25, -0.2) is 4.79 Å². The molecule has 1 saturated heterocycles. The summed E-state index contributed by atoms with van der Waals surface area (Å²) < 4.78 is 13.5. The van der Waals surface area contributed by atoms with Crippen molar-refractivity contribution in [2.24, 2.45) is 0 Å². The van der Waals surface area contributed by atoms with E-state index in [1.807, 2.05) is 45.9 Å². The highest BCUT2D eigenvalue weighted by atomic mass is 16.7. The lowest BCUT2D eigenvalue weighted by Gasteiger charge is -2.32. The second-order valence-electron chi connectivity index (χ2n) is 7.12. The van der Waals surface area contributed by atoms with Gasteiger partial charge < -0.3 is 9.31 Å². The maximum Gasteiger partial charge on any atom is 0.494 e. The van der Waals surface area contributed by atoms with Gasteiger partial charge in [-0.2, -0.15) is 0 Å². The lowest BCUT2D eigenvalue weighted by Crippen LogP contribution is -2.41. The zero-order valence-corrected chi connectivity index (χ0v) is 14.5. The number of H-pyrrole nitrogens is 1. The van der Waals surface area contributed by atoms with Crippen LogP contribution in [0.25, 0.3) is 5.69 Å². The molecule has 3 rings (SSSR count). The Morgan fingerprint density at radius 2 is 1.71 bits per heavy atom. The van der Waals surface area contributed by atoms with E-state index in [2.05, 4.69) is 4.98 Å². The molecule has 6 nitrogen and oxygen atoms in total. The molecule has 0 bridgehead atoms. The van der Waals surface area contributed by atoms with Crippen LogP contribution in [0.5, 0.6) is 0 Å². The second kappa shape index (κ2) is 5.46. The molecule has 126 valence electrons. The highest BCUT2D eigenvalue weighted by Crippen LogP contribution is 2.36. The molecule has 0 atom stereocenters. The molecule has 1 N–H and O–H groups in total. The Bertz CT molecular complexity index is 882. The summed E-state index contributed by atoms with van der Waals surface area (Å²) in [5, 5.41) is 0. The summed E-state index contributed by atoms with van der Waals surface area (Å²) in [4.78, 5) is 25.9. The second-order valence-corrected chi connectivity index (χ2v) is 7.12. The summed E-state index contributed by atoms with van der Waals surface area (Å²) in [7, 11) is -0.505. The van der Waals surface area contributed by atoms with Crippen molar-refractivity contribution in [2.75, 3.05) is 0 Å². The van der Waals surface area contributed by atoms with Crippen molar-refractivity contribution >= 4 is 12.6 Å². The summed E-state index contributed by atoms with van der Waals surface area (Å²) in [6.45, 7) is 9.63. The highest BCUT2D eigenvalue weighted by molar-refractivity contribution is 6.62. The van der Waals surface area contributed by atoms with Crippen molar-refractivity contribution in [1.29, 1.82) is 0 Å². The van der Waals surface area contributed by atoms with Gasteiger partial charge >= 0.3 is 12.8 Å². The van der Waals surface area contributed by atoms with Crippen LogP contribution in [0, 0.1) is 6.92 Å². The van der Waals surface area contributed by atoms with Crippen LogP contribution in [0.15, 0.2) is 40.1 Å². The van der Waals surface area contributed by atoms with E-state index in [1.165, 1.54) is 10.8 Å². The third-order valence-corrected chi connectivity index (χ3v) is 4.79. The summed E-state index contributed by atoms with van der Waals surface area (Å²) in [6, 6.07) is 7.37. The Morgan fingerprint density at radius 3 is 2.33 bits per heavy atom. The number of aromatic nitrogens is 2. The minimum absolute atomic E-state index is 0.377. The SMILES string of the molecule is Cc1cn(-c2cccc(B3OC(C)(C)C(C)(C)O3)c2)c(=O)[nH]c1=O. The normalized spacial score (nSPS) is 18.8. The third kappa shape index (κ3) is 2.74. The van der Waals surface area contributed by atoms with Crippen LogP contribution in [0.4, 0.5) is 0 Å². The van der Waals surface area contributed by atoms with Gasteiger partial charge in [0.25, 0.3) is 5.56 Å². The van der Waals surface area contributed by atoms with E-state index in [0.717, 1.165) is 5.46 Å². The maximum absolute atomic E-state index is 12.1. The fraction of sp³-hybridized carbons (Fsp3) is 0.412. The first-order chi connectivity index (χ1) is 11.1. The van der Waals surface area contributed by atoms with E-state index in [4.69, 9.17) is 9.31 Å². The molecule has 0 saturated carbocycles. The van der Waals surface area contributed by atoms with Crippen molar-refractivity contribution in [2.45, 2.75) is 45.8 Å². The van der Waals surface area contributed by atoms with Crippen molar-refractivity contribution < 1.29 is 9.31 Å². The van der Waals surface area contributed by atoms with Gasteiger partial charge in [0.2, 0.25) is 0 Å². The number of hydrogen-bond acceptors (Lipinski definition) is 4. The van der Waals surface area contributed by atoms with Gasteiger partial charge in [0, 0.05) is 17.4 Å². The van der Waals surface area contributed by atoms with E-state index in [0.29, 0.717) is 11.3 Å². The van der Waals surface area contributed by atoms with Gasteiger partial charge in [0.15, 0.2) is 0 Å². The maximum atomic E-state index is 12.1. The number of nitrogens with one attached hydrogen (secondary N) is 1. The molecule has 0 radical (unpaired) electrons. The van der Waals surface area contributed by atoms with E-state index in [9.17, 15) is 9.59 Å². The number of benzene rings is 1. The van der Waals surface area contributed by atoms with Crippen LogP contribution in [-0.4, -0.2) is 27.9 Å². The molecule has 7 heteroatoms. The van der Waals surface area contributed by atoms with E-state index in [-0.39, 0.29) is 5.56 Å². The van der Waals surface area contributed by atoms with Gasteiger partial charge in [0.1, 0.15) is 0 Å². The molecule has 24 heavy (non-hydrogen) atoms. The monoisotopic (exact) mass is 328 g/mol. The lowest BCUT2D eigenvalue weighted by atomic mass is 9.79. The first-order valence-electron chi connectivity index (χ1n) is 7.89. The Balaban J connectivity index is 2.01. The molecule has 1 fully saturated rings. The average molecular weight is 328 g/mol. The van der Waals surface area contributed by atoms with Crippen LogP contribution in [0.2, 0.25) is 0 Å². The van der Waals surface area contributed by atoms with E-state index >= 15 is 0 Å². The molecule has 1 aliphatic heterocycles. The Kier molecular flexibility index (Phi) is 3.81. The zero-order chi connectivity index (χ0) is 17.7. The number of rotatable bonds is 2. The summed E-state index contributed by atoms with van der Waals surface area (Å²) >= 11 is 0. The molecule has 1 aromatic heterocycles. The van der Waals surface area contributed by atoms with E-state index < -0.39 is 24.0 Å². The lowest BCUT2D eigenvalue weighted by molar-refractivity contribution is 0.00578. The molecule has 2 aromatic rings. The molecular weight excluding hydrogens is 307 g/mol. The number of aryl methyl sites for hydroxylation is 1. The van der Waals surface area contributed by atoms with Crippen molar-refractivity contribution in [3.63, 3.8) is 0 Å². The summed E-state index contributed by atoms with van der Waals surface area (Å²) in [5.41, 5.74) is 0.220. The summed E-state index contributed by atoms with van der Waals surface area (Å²) in [5.74, 6) is 0. The van der Waals surface area contributed by atoms with Gasteiger partial charge in [-0.15, -0.1) is 0 Å². The van der Waals surface area contributed by atoms with Crippen LogP contribution >= 0.6 is 0 Å². The standard InChI is InChI=1S/C17H21BN2O4/c1-11-10-20(15(22)19-14(11)21)13-8-6-7-12(9-13)18-23-16(2,3)17(4,5)24-18/h6-10H,1-5H3,(H,19,21,22). The first kappa shape index (κ1) is 16.7. The predicted octanol–water partition coefficient (Wildman–Crippen LogP) is 1.13. The minimum Gasteiger partial charge on any atom is -0.399 e. The van der Waals surface area contributed by atoms with Gasteiger partial charge in [0.05, 0.1) is 11.2 Å². The van der Waals surface area contributed by atoms with Gasteiger partial charge in [-0.1, -0.05) is 12.1 Å². The average Bonchev–Trinajstić information content (AvgIpc) is 2.71. The molecule has 0 unspecified atom stereocenters. The Hall–Kier alpha value is -2.12. The molecule has 0 amide bonds. The Labute approximate surface area is 140 Å². The van der Waals surface area contributed by atoms with Crippen LogP contribution in [0.3, 0.4) is 0 Å². The molecule has 0 aliphatic carbocycles. The molecule has 2 heterocycles. The number of hydrogen-bond donors (Lipinski definition) is 1. The number of nitrogens with zero attached hydrogens (tertiary/aromatic N) is 1. The fourth-order valence-corrected chi connectivity index (χ4v) is 2.56. The predicted molar refractivity (Wildman–Crippen MR) is 93.1 cm³/mol. The molecule has 0 spiro atoms. The molecule has 1 aliphatic rings. The quantitative estimate of drug-likeness (QED) is 0.839. The zero-order valence-electron chi connectivity index (χ0n) is 14.5. The minimum atomic E-state index is -0.505. The Morgan fingerprint density at radius 1 is 1.08 bits per heavy atom. The molecule has 1 aromatic carbocycles.